The van der Waals surface area contributed by atoms with Crippen LogP contribution in [-0.4, -0.2) is 37.1 Å². The van der Waals surface area contributed by atoms with Crippen LogP contribution in [0.4, 0.5) is 0 Å². The maximum absolute atomic E-state index is 3.68. The summed E-state index contributed by atoms with van der Waals surface area (Å²) in [6.07, 6.45) is 1.90. The van der Waals surface area contributed by atoms with Crippen LogP contribution in [0.3, 0.4) is 0 Å². The van der Waals surface area contributed by atoms with Gasteiger partial charge in [-0.25, -0.2) is 0 Å². The average Bonchev–Trinajstić information content (AvgIpc) is 2.10. The van der Waals surface area contributed by atoms with Crippen LogP contribution in [0.5, 0.6) is 0 Å². The van der Waals surface area contributed by atoms with Gasteiger partial charge in [-0.1, -0.05) is 19.9 Å². The zero-order valence-corrected chi connectivity index (χ0v) is 8.64. The van der Waals surface area contributed by atoms with Crippen LogP contribution in [0.2, 0.25) is 0 Å². The molecule has 0 heterocycles. The highest BCUT2D eigenvalue weighted by Gasteiger charge is 2.04. The van der Waals surface area contributed by atoms with E-state index in [0.29, 0.717) is 6.04 Å². The summed E-state index contributed by atoms with van der Waals surface area (Å²) in [6.45, 7) is 14.6. The minimum absolute atomic E-state index is 0.558. The molecule has 0 radical (unpaired) electrons. The van der Waals surface area contributed by atoms with Crippen LogP contribution in [0.25, 0.3) is 0 Å². The van der Waals surface area contributed by atoms with Gasteiger partial charge in [-0.2, -0.15) is 0 Å². The van der Waals surface area contributed by atoms with Crippen molar-refractivity contribution in [1.29, 1.82) is 0 Å². The van der Waals surface area contributed by atoms with Gasteiger partial charge in [0.1, 0.15) is 0 Å². The minimum Gasteiger partial charge on any atom is -0.310 e. The smallest absolute Gasteiger partial charge is 0.0169 e. The maximum atomic E-state index is 3.68. The predicted octanol–water partition coefficient (Wildman–Crippen LogP) is 1.49. The molecule has 1 N–H and O–H groups in total. The molecule has 1 atom stereocenters. The zero-order valence-electron chi connectivity index (χ0n) is 8.64. The SMILES string of the molecule is C=CCNC(C)CN(CC)CC. The summed E-state index contributed by atoms with van der Waals surface area (Å²) in [6, 6.07) is 0.558. The van der Waals surface area contributed by atoms with E-state index in [0.717, 1.165) is 26.2 Å². The first kappa shape index (κ1) is 11.7. The molecule has 0 aromatic rings. The fraction of sp³-hybridized carbons (Fsp3) is 0.800. The summed E-state index contributed by atoms with van der Waals surface area (Å²) in [5.74, 6) is 0. The number of hydrogen-bond acceptors (Lipinski definition) is 2. The highest BCUT2D eigenvalue weighted by Crippen LogP contribution is 1.90. The van der Waals surface area contributed by atoms with Crippen LogP contribution in [0, 0.1) is 0 Å². The Morgan fingerprint density at radius 1 is 1.42 bits per heavy atom. The lowest BCUT2D eigenvalue weighted by Crippen LogP contribution is -2.39. The molecule has 1 unspecified atom stereocenters. The van der Waals surface area contributed by atoms with Gasteiger partial charge >= 0.3 is 0 Å². The van der Waals surface area contributed by atoms with Gasteiger partial charge in [0.05, 0.1) is 0 Å². The third-order valence-electron chi connectivity index (χ3n) is 2.04. The van der Waals surface area contributed by atoms with Crippen LogP contribution in [0.15, 0.2) is 12.7 Å². The normalized spacial score (nSPS) is 13.3. The van der Waals surface area contributed by atoms with Crippen molar-refractivity contribution in [3.63, 3.8) is 0 Å². The molecule has 0 aromatic carbocycles. The molecule has 0 rings (SSSR count). The van der Waals surface area contributed by atoms with Gasteiger partial charge in [0, 0.05) is 19.1 Å². The number of hydrogen-bond donors (Lipinski definition) is 1. The van der Waals surface area contributed by atoms with Gasteiger partial charge in [0.15, 0.2) is 0 Å². The second-order valence-corrected chi connectivity index (χ2v) is 3.08. The molecule has 0 bridgehead atoms. The number of nitrogens with one attached hydrogen (secondary N) is 1. The quantitative estimate of drug-likeness (QED) is 0.582. The molecule has 0 saturated heterocycles. The van der Waals surface area contributed by atoms with Crippen molar-refractivity contribution in [1.82, 2.24) is 10.2 Å². The molecule has 0 spiro atoms. The van der Waals surface area contributed by atoms with E-state index in [1.165, 1.54) is 0 Å². The van der Waals surface area contributed by atoms with Crippen LogP contribution < -0.4 is 5.32 Å². The lowest BCUT2D eigenvalue weighted by atomic mass is 10.3. The standard InChI is InChI=1S/C10H22N2/c1-5-8-11-10(4)9-12(6-2)7-3/h5,10-11H,1,6-9H2,2-4H3. The van der Waals surface area contributed by atoms with Crippen LogP contribution >= 0.6 is 0 Å². The third kappa shape index (κ3) is 5.33. The van der Waals surface area contributed by atoms with E-state index in [2.05, 4.69) is 37.6 Å². The lowest BCUT2D eigenvalue weighted by Gasteiger charge is -2.22. The first-order chi connectivity index (χ1) is 5.74. The zero-order chi connectivity index (χ0) is 9.40. The fourth-order valence-electron chi connectivity index (χ4n) is 1.22. The summed E-state index contributed by atoms with van der Waals surface area (Å²) in [5.41, 5.74) is 0. The van der Waals surface area contributed by atoms with E-state index in [9.17, 15) is 0 Å². The Morgan fingerprint density at radius 3 is 2.42 bits per heavy atom. The molecule has 0 amide bonds. The molecule has 0 aliphatic heterocycles. The van der Waals surface area contributed by atoms with Crippen LogP contribution in [0.1, 0.15) is 20.8 Å². The number of nitrogens with zero attached hydrogens (tertiary/aromatic N) is 1. The van der Waals surface area contributed by atoms with Crippen molar-refractivity contribution in [3.05, 3.63) is 12.7 Å². The number of likely N-dealkylation sites (N-methyl/N-ethyl adjacent to an activating group) is 1. The van der Waals surface area contributed by atoms with Crippen LogP contribution in [-0.2, 0) is 0 Å². The van der Waals surface area contributed by atoms with Gasteiger partial charge in [0.2, 0.25) is 0 Å². The van der Waals surface area contributed by atoms with Crippen molar-refractivity contribution >= 4 is 0 Å². The Morgan fingerprint density at radius 2 is 2.00 bits per heavy atom. The first-order valence-corrected chi connectivity index (χ1v) is 4.81. The largest absolute Gasteiger partial charge is 0.310 e. The maximum Gasteiger partial charge on any atom is 0.0169 e. The number of rotatable bonds is 7. The van der Waals surface area contributed by atoms with Crippen molar-refractivity contribution in [3.8, 4) is 0 Å². The average molecular weight is 170 g/mol. The van der Waals surface area contributed by atoms with Gasteiger partial charge < -0.3 is 10.2 Å². The van der Waals surface area contributed by atoms with E-state index in [-0.39, 0.29) is 0 Å². The monoisotopic (exact) mass is 170 g/mol. The van der Waals surface area contributed by atoms with Crippen molar-refractivity contribution in [2.75, 3.05) is 26.2 Å². The summed E-state index contributed by atoms with van der Waals surface area (Å²) in [7, 11) is 0. The minimum atomic E-state index is 0.558. The van der Waals surface area contributed by atoms with Crippen molar-refractivity contribution in [2.45, 2.75) is 26.8 Å². The van der Waals surface area contributed by atoms with E-state index < -0.39 is 0 Å². The highest BCUT2D eigenvalue weighted by atomic mass is 15.1. The van der Waals surface area contributed by atoms with Gasteiger partial charge in [0.25, 0.3) is 0 Å². The van der Waals surface area contributed by atoms with Crippen molar-refractivity contribution < 1.29 is 0 Å². The summed E-state index contributed by atoms with van der Waals surface area (Å²) >= 11 is 0. The van der Waals surface area contributed by atoms with E-state index in [1.807, 2.05) is 6.08 Å². The molecular formula is C10H22N2. The molecule has 0 aliphatic carbocycles. The van der Waals surface area contributed by atoms with Crippen molar-refractivity contribution in [2.24, 2.45) is 0 Å². The van der Waals surface area contributed by atoms with E-state index in [4.69, 9.17) is 0 Å². The second-order valence-electron chi connectivity index (χ2n) is 3.08. The molecule has 0 fully saturated rings. The Labute approximate surface area is 76.6 Å². The molecule has 12 heavy (non-hydrogen) atoms. The molecule has 0 saturated carbocycles. The Bertz CT molecular complexity index is 108. The summed E-state index contributed by atoms with van der Waals surface area (Å²) < 4.78 is 0. The topological polar surface area (TPSA) is 15.3 Å². The third-order valence-corrected chi connectivity index (χ3v) is 2.04. The molecule has 72 valence electrons. The molecular weight excluding hydrogens is 148 g/mol. The summed E-state index contributed by atoms with van der Waals surface area (Å²) in [5, 5.41) is 3.37. The fourth-order valence-corrected chi connectivity index (χ4v) is 1.22. The Hall–Kier alpha value is -0.340. The molecule has 0 aromatic heterocycles. The Balaban J connectivity index is 3.50. The van der Waals surface area contributed by atoms with Gasteiger partial charge in [-0.05, 0) is 20.0 Å². The predicted molar refractivity (Wildman–Crippen MR) is 55.4 cm³/mol. The Kier molecular flexibility index (Phi) is 7.11. The molecule has 2 heteroatoms. The van der Waals surface area contributed by atoms with Gasteiger partial charge in [-0.3, -0.25) is 0 Å². The molecule has 0 aliphatic rings. The lowest BCUT2D eigenvalue weighted by molar-refractivity contribution is 0.274. The summed E-state index contributed by atoms with van der Waals surface area (Å²) in [4.78, 5) is 2.42. The van der Waals surface area contributed by atoms with E-state index >= 15 is 0 Å². The van der Waals surface area contributed by atoms with Gasteiger partial charge in [-0.15, -0.1) is 6.58 Å². The first-order valence-electron chi connectivity index (χ1n) is 4.81. The molecule has 2 nitrogen and oxygen atoms in total. The second kappa shape index (κ2) is 7.32. The van der Waals surface area contributed by atoms with E-state index in [1.54, 1.807) is 0 Å². The highest BCUT2D eigenvalue weighted by molar-refractivity contribution is 4.74.